The van der Waals surface area contributed by atoms with Crippen LogP contribution in [0.25, 0.3) is 0 Å². The molecule has 3 atom stereocenters. The molecule has 1 aromatic rings. The molecule has 1 saturated heterocycles. The first-order chi connectivity index (χ1) is 10.2. The number of esters is 1. The summed E-state index contributed by atoms with van der Waals surface area (Å²) in [7, 11) is 0. The number of Topliss-reactive ketones (excluding diaryl/α,β-unsaturated/α-hetero) is 1. The third-order valence-corrected chi connectivity index (χ3v) is 4.51. The molecule has 1 fully saturated rings. The molecule has 108 valence electrons. The number of hydrogen-bond acceptors (Lipinski definition) is 4. The van der Waals surface area contributed by atoms with Gasteiger partial charge in [0, 0.05) is 17.9 Å². The van der Waals surface area contributed by atoms with E-state index in [1.807, 2.05) is 30.3 Å². The Morgan fingerprint density at radius 1 is 0.952 bits per heavy atom. The molecular formula is C17H16O4. The number of fused-ring (bicyclic) bond motifs is 3. The average Bonchev–Trinajstić information content (AvgIpc) is 2.46. The maximum absolute atomic E-state index is 12.5. The first kappa shape index (κ1) is 12.6. The van der Waals surface area contributed by atoms with Gasteiger partial charge in [-0.2, -0.15) is 0 Å². The van der Waals surface area contributed by atoms with Gasteiger partial charge in [-0.25, -0.2) is 0 Å². The molecule has 1 aromatic carbocycles. The van der Waals surface area contributed by atoms with E-state index in [1.165, 1.54) is 0 Å². The molecule has 2 heterocycles. The molecule has 21 heavy (non-hydrogen) atoms. The summed E-state index contributed by atoms with van der Waals surface area (Å²) in [5.41, 5.74) is 1.76. The summed E-state index contributed by atoms with van der Waals surface area (Å²) in [5.74, 6) is 0.669. The number of allylic oxidation sites excluding steroid dienone is 1. The number of ketones is 1. The van der Waals surface area contributed by atoms with E-state index in [0.717, 1.165) is 23.3 Å². The van der Waals surface area contributed by atoms with Gasteiger partial charge in [-0.15, -0.1) is 0 Å². The van der Waals surface area contributed by atoms with E-state index in [0.29, 0.717) is 19.3 Å². The second-order valence-corrected chi connectivity index (χ2v) is 5.93. The molecule has 0 saturated carbocycles. The van der Waals surface area contributed by atoms with Crippen molar-refractivity contribution in [2.24, 2.45) is 5.92 Å². The molecule has 0 N–H and O–H groups in total. The second kappa shape index (κ2) is 4.72. The summed E-state index contributed by atoms with van der Waals surface area (Å²) in [6.07, 6.45) is 1.62. The van der Waals surface area contributed by atoms with E-state index in [-0.39, 0.29) is 29.9 Å². The standard InChI is InChI=1S/C17H16O4/c18-13-9-14(10-4-2-1-3-5-10)21-15-8-12-6-11(17(13)15)7-16(19)20-12/h1-5,11-12,14H,6-9H2. The van der Waals surface area contributed by atoms with E-state index in [2.05, 4.69) is 0 Å². The number of carbonyl (C=O) groups excluding carboxylic acids is 2. The van der Waals surface area contributed by atoms with Crippen molar-refractivity contribution >= 4 is 11.8 Å². The smallest absolute Gasteiger partial charge is 0.306 e. The van der Waals surface area contributed by atoms with Crippen molar-refractivity contribution in [2.75, 3.05) is 0 Å². The van der Waals surface area contributed by atoms with Gasteiger partial charge in [-0.3, -0.25) is 9.59 Å². The average molecular weight is 284 g/mol. The maximum Gasteiger partial charge on any atom is 0.306 e. The molecule has 2 aliphatic heterocycles. The molecule has 0 aromatic heterocycles. The highest BCUT2D eigenvalue weighted by Gasteiger charge is 2.43. The Morgan fingerprint density at radius 3 is 2.57 bits per heavy atom. The van der Waals surface area contributed by atoms with Crippen LogP contribution in [-0.4, -0.2) is 17.9 Å². The van der Waals surface area contributed by atoms with E-state index >= 15 is 0 Å². The highest BCUT2D eigenvalue weighted by atomic mass is 16.5. The van der Waals surface area contributed by atoms with Crippen LogP contribution >= 0.6 is 0 Å². The zero-order valence-corrected chi connectivity index (χ0v) is 11.6. The molecule has 1 aliphatic carbocycles. The predicted octanol–water partition coefficient (Wildman–Crippen LogP) is 2.70. The predicted molar refractivity (Wildman–Crippen MR) is 74.1 cm³/mol. The fraction of sp³-hybridized carbons (Fsp3) is 0.412. The summed E-state index contributed by atoms with van der Waals surface area (Å²) in [5, 5.41) is 0. The largest absolute Gasteiger partial charge is 0.489 e. The van der Waals surface area contributed by atoms with Gasteiger partial charge in [0.15, 0.2) is 5.78 Å². The number of benzene rings is 1. The van der Waals surface area contributed by atoms with Crippen molar-refractivity contribution in [2.45, 2.75) is 37.9 Å². The van der Waals surface area contributed by atoms with Gasteiger partial charge < -0.3 is 9.47 Å². The van der Waals surface area contributed by atoms with Crippen molar-refractivity contribution in [1.82, 2.24) is 0 Å². The van der Waals surface area contributed by atoms with Crippen molar-refractivity contribution in [3.63, 3.8) is 0 Å². The number of hydrogen-bond donors (Lipinski definition) is 0. The van der Waals surface area contributed by atoms with Crippen LogP contribution in [0.5, 0.6) is 0 Å². The normalized spacial score (nSPS) is 31.3. The molecule has 3 aliphatic rings. The molecule has 3 unspecified atom stereocenters. The minimum absolute atomic E-state index is 0.00998. The minimum Gasteiger partial charge on any atom is -0.489 e. The van der Waals surface area contributed by atoms with Crippen molar-refractivity contribution in [3.8, 4) is 0 Å². The summed E-state index contributed by atoms with van der Waals surface area (Å²) in [6, 6.07) is 9.80. The van der Waals surface area contributed by atoms with Crippen molar-refractivity contribution in [3.05, 3.63) is 47.2 Å². The summed E-state index contributed by atoms with van der Waals surface area (Å²) in [4.78, 5) is 24.1. The van der Waals surface area contributed by atoms with E-state index < -0.39 is 0 Å². The Hall–Kier alpha value is -2.10. The monoisotopic (exact) mass is 284 g/mol. The number of carbonyl (C=O) groups is 2. The van der Waals surface area contributed by atoms with Crippen LogP contribution in [0.4, 0.5) is 0 Å². The molecule has 0 radical (unpaired) electrons. The third kappa shape index (κ3) is 2.15. The second-order valence-electron chi connectivity index (χ2n) is 5.93. The highest BCUT2D eigenvalue weighted by molar-refractivity contribution is 5.98. The van der Waals surface area contributed by atoms with Crippen LogP contribution in [0.2, 0.25) is 0 Å². The maximum atomic E-state index is 12.5. The van der Waals surface area contributed by atoms with Crippen LogP contribution in [0.15, 0.2) is 41.7 Å². The van der Waals surface area contributed by atoms with E-state index in [4.69, 9.17) is 9.47 Å². The summed E-state index contributed by atoms with van der Waals surface area (Å²) >= 11 is 0. The van der Waals surface area contributed by atoms with Gasteiger partial charge in [0.2, 0.25) is 0 Å². The first-order valence-electron chi connectivity index (χ1n) is 7.38. The van der Waals surface area contributed by atoms with Crippen LogP contribution in [-0.2, 0) is 19.1 Å². The Labute approximate surface area is 122 Å². The lowest BCUT2D eigenvalue weighted by Crippen LogP contribution is -2.39. The molecular weight excluding hydrogens is 268 g/mol. The Kier molecular flexibility index (Phi) is 2.84. The van der Waals surface area contributed by atoms with Gasteiger partial charge in [0.1, 0.15) is 18.0 Å². The number of rotatable bonds is 1. The minimum atomic E-state index is -0.216. The summed E-state index contributed by atoms with van der Waals surface area (Å²) in [6.45, 7) is 0. The molecule has 4 heteroatoms. The topological polar surface area (TPSA) is 52.6 Å². The van der Waals surface area contributed by atoms with Crippen LogP contribution in [0.3, 0.4) is 0 Å². The fourth-order valence-corrected chi connectivity index (χ4v) is 3.61. The lowest BCUT2D eigenvalue weighted by Gasteiger charge is -2.40. The first-order valence-corrected chi connectivity index (χ1v) is 7.38. The summed E-state index contributed by atoms with van der Waals surface area (Å²) < 4.78 is 11.4. The third-order valence-electron chi connectivity index (χ3n) is 4.51. The van der Waals surface area contributed by atoms with Gasteiger partial charge >= 0.3 is 5.97 Å². The zero-order valence-electron chi connectivity index (χ0n) is 11.6. The lowest BCUT2D eigenvalue weighted by atomic mass is 9.76. The molecule has 4 rings (SSSR count). The quantitative estimate of drug-likeness (QED) is 0.744. The van der Waals surface area contributed by atoms with Gasteiger partial charge in [-0.05, 0) is 12.0 Å². The van der Waals surface area contributed by atoms with Gasteiger partial charge in [0.05, 0.1) is 12.8 Å². The van der Waals surface area contributed by atoms with E-state index in [9.17, 15) is 9.59 Å². The Balaban J connectivity index is 1.67. The van der Waals surface area contributed by atoms with Crippen LogP contribution in [0, 0.1) is 5.92 Å². The molecule has 2 bridgehead atoms. The van der Waals surface area contributed by atoms with Crippen LogP contribution < -0.4 is 0 Å². The zero-order chi connectivity index (χ0) is 14.4. The Morgan fingerprint density at radius 2 is 1.76 bits per heavy atom. The Bertz CT molecular complexity index is 631. The number of ether oxygens (including phenoxy) is 2. The SMILES string of the molecule is O=C1CC2CC(CC3=C2C(=O)CC(c2ccccc2)O3)O1. The highest BCUT2D eigenvalue weighted by Crippen LogP contribution is 2.44. The van der Waals surface area contributed by atoms with Gasteiger partial charge in [-0.1, -0.05) is 30.3 Å². The van der Waals surface area contributed by atoms with E-state index in [1.54, 1.807) is 0 Å². The molecule has 0 amide bonds. The van der Waals surface area contributed by atoms with Crippen LogP contribution in [0.1, 0.15) is 37.4 Å². The van der Waals surface area contributed by atoms with Crippen molar-refractivity contribution in [1.29, 1.82) is 0 Å². The lowest BCUT2D eigenvalue weighted by molar-refractivity contribution is -0.158. The fourth-order valence-electron chi connectivity index (χ4n) is 3.61. The molecule has 4 nitrogen and oxygen atoms in total. The van der Waals surface area contributed by atoms with Gasteiger partial charge in [0.25, 0.3) is 0 Å². The van der Waals surface area contributed by atoms with Crippen molar-refractivity contribution < 1.29 is 19.1 Å². The molecule has 0 spiro atoms.